The molecule has 148 valence electrons. The number of amides is 1. The Morgan fingerprint density at radius 2 is 2.24 bits per heavy atom. The van der Waals surface area contributed by atoms with Gasteiger partial charge in [0, 0.05) is 22.6 Å². The SMILES string of the molecule is C=CCOC(=O)C1=C2c3cc4ccccc4nc3CC[C@H]2[C@@H]2[C@@H]([C@@H](C)O)C(=O)N12. The maximum Gasteiger partial charge on any atom is 0.355 e. The van der Waals surface area contributed by atoms with Crippen LogP contribution in [0.3, 0.4) is 0 Å². The zero-order chi connectivity index (χ0) is 20.3. The molecular weight excluding hydrogens is 368 g/mol. The van der Waals surface area contributed by atoms with E-state index in [1.165, 1.54) is 6.08 Å². The quantitative estimate of drug-likeness (QED) is 0.493. The number of benzene rings is 1. The average molecular weight is 390 g/mol. The Kier molecular flexibility index (Phi) is 4.06. The maximum absolute atomic E-state index is 12.9. The molecule has 4 atom stereocenters. The van der Waals surface area contributed by atoms with Gasteiger partial charge < -0.3 is 14.7 Å². The van der Waals surface area contributed by atoms with Crippen molar-refractivity contribution in [3.8, 4) is 0 Å². The Balaban J connectivity index is 1.69. The molecule has 5 rings (SSSR count). The third-order valence-corrected chi connectivity index (χ3v) is 6.30. The van der Waals surface area contributed by atoms with Gasteiger partial charge in [-0.25, -0.2) is 4.79 Å². The number of rotatable bonds is 4. The summed E-state index contributed by atoms with van der Waals surface area (Å²) in [6.45, 7) is 5.31. The van der Waals surface area contributed by atoms with Crippen molar-refractivity contribution in [3.63, 3.8) is 0 Å². The molecule has 3 heterocycles. The number of hydrogen-bond donors (Lipinski definition) is 1. The minimum absolute atomic E-state index is 0.00552. The number of fused-ring (bicyclic) bond motifs is 6. The maximum atomic E-state index is 12.9. The Morgan fingerprint density at radius 3 is 3.00 bits per heavy atom. The first-order chi connectivity index (χ1) is 14.0. The van der Waals surface area contributed by atoms with Gasteiger partial charge in [-0.1, -0.05) is 30.9 Å². The van der Waals surface area contributed by atoms with Gasteiger partial charge in [0.05, 0.1) is 23.6 Å². The van der Waals surface area contributed by atoms with E-state index in [1.807, 2.05) is 24.3 Å². The first-order valence-electron chi connectivity index (χ1n) is 9.95. The van der Waals surface area contributed by atoms with E-state index in [1.54, 1.807) is 11.8 Å². The number of β-lactam (4-membered cyclic amide) rings is 1. The minimum Gasteiger partial charge on any atom is -0.457 e. The molecule has 0 saturated carbocycles. The summed E-state index contributed by atoms with van der Waals surface area (Å²) < 4.78 is 5.33. The second-order valence-corrected chi connectivity index (χ2v) is 7.94. The molecule has 0 bridgehead atoms. The summed E-state index contributed by atoms with van der Waals surface area (Å²) in [5, 5.41) is 11.2. The average Bonchev–Trinajstić information content (AvgIpc) is 3.01. The molecule has 2 aliphatic heterocycles. The zero-order valence-electron chi connectivity index (χ0n) is 16.2. The number of nitrogens with zero attached hydrogens (tertiary/aromatic N) is 2. The predicted octanol–water partition coefficient (Wildman–Crippen LogP) is 2.46. The molecule has 0 unspecified atom stereocenters. The van der Waals surface area contributed by atoms with Gasteiger partial charge in [0.25, 0.3) is 0 Å². The number of ether oxygens (including phenoxy) is 1. The topological polar surface area (TPSA) is 79.7 Å². The summed E-state index contributed by atoms with van der Waals surface area (Å²) in [4.78, 5) is 32.1. The normalized spacial score (nSPS) is 25.8. The molecule has 2 aromatic rings. The zero-order valence-corrected chi connectivity index (χ0v) is 16.2. The van der Waals surface area contributed by atoms with Gasteiger partial charge in [-0.2, -0.15) is 0 Å². The number of esters is 1. The molecule has 1 aromatic heterocycles. The molecule has 29 heavy (non-hydrogen) atoms. The van der Waals surface area contributed by atoms with Gasteiger partial charge in [0.15, 0.2) is 0 Å². The van der Waals surface area contributed by atoms with E-state index in [-0.39, 0.29) is 24.5 Å². The first-order valence-corrected chi connectivity index (χ1v) is 9.95. The number of aromatic nitrogens is 1. The van der Waals surface area contributed by atoms with Crippen LogP contribution >= 0.6 is 0 Å². The molecule has 1 aromatic carbocycles. The third kappa shape index (κ3) is 2.48. The molecule has 0 radical (unpaired) electrons. The molecule has 1 amide bonds. The highest BCUT2D eigenvalue weighted by Crippen LogP contribution is 2.54. The van der Waals surface area contributed by atoms with Crippen LogP contribution < -0.4 is 0 Å². The van der Waals surface area contributed by atoms with Gasteiger partial charge in [0.2, 0.25) is 5.91 Å². The molecule has 6 heteroatoms. The molecule has 1 N–H and O–H groups in total. The molecule has 1 aliphatic carbocycles. The molecule has 6 nitrogen and oxygen atoms in total. The van der Waals surface area contributed by atoms with Crippen LogP contribution in [0.25, 0.3) is 16.5 Å². The van der Waals surface area contributed by atoms with E-state index < -0.39 is 18.0 Å². The molecule has 0 spiro atoms. The lowest BCUT2D eigenvalue weighted by atomic mass is 9.71. The van der Waals surface area contributed by atoms with Crippen LogP contribution in [0, 0.1) is 11.8 Å². The van der Waals surface area contributed by atoms with E-state index in [0.29, 0.717) is 5.70 Å². The van der Waals surface area contributed by atoms with Crippen LogP contribution in [0.1, 0.15) is 24.6 Å². The monoisotopic (exact) mass is 390 g/mol. The lowest BCUT2D eigenvalue weighted by Crippen LogP contribution is -2.64. The van der Waals surface area contributed by atoms with Crippen LogP contribution in [0.4, 0.5) is 0 Å². The highest BCUT2D eigenvalue weighted by molar-refractivity contribution is 6.08. The number of pyridine rings is 1. The smallest absolute Gasteiger partial charge is 0.355 e. The highest BCUT2D eigenvalue weighted by atomic mass is 16.5. The van der Waals surface area contributed by atoms with Gasteiger partial charge in [-0.05, 0) is 37.5 Å². The fourth-order valence-electron chi connectivity index (χ4n) is 5.11. The van der Waals surface area contributed by atoms with Crippen molar-refractivity contribution in [2.75, 3.05) is 6.61 Å². The van der Waals surface area contributed by atoms with Gasteiger partial charge in [0.1, 0.15) is 12.3 Å². The van der Waals surface area contributed by atoms with Crippen molar-refractivity contribution >= 4 is 28.4 Å². The Labute approximate surface area is 168 Å². The van der Waals surface area contributed by atoms with Crippen LogP contribution in [-0.4, -0.2) is 45.6 Å². The third-order valence-electron chi connectivity index (χ3n) is 6.30. The van der Waals surface area contributed by atoms with Crippen LogP contribution in [0.5, 0.6) is 0 Å². The highest BCUT2D eigenvalue weighted by Gasteiger charge is 2.62. The second kappa shape index (κ2) is 6.52. The Morgan fingerprint density at radius 1 is 1.45 bits per heavy atom. The second-order valence-electron chi connectivity index (χ2n) is 7.94. The largest absolute Gasteiger partial charge is 0.457 e. The predicted molar refractivity (Wildman–Crippen MR) is 107 cm³/mol. The summed E-state index contributed by atoms with van der Waals surface area (Å²) >= 11 is 0. The van der Waals surface area contributed by atoms with Crippen molar-refractivity contribution in [1.82, 2.24) is 9.88 Å². The van der Waals surface area contributed by atoms with E-state index in [9.17, 15) is 14.7 Å². The van der Waals surface area contributed by atoms with Gasteiger partial charge in [-0.15, -0.1) is 0 Å². The van der Waals surface area contributed by atoms with Gasteiger partial charge >= 0.3 is 5.97 Å². The molecule has 1 fully saturated rings. The van der Waals surface area contributed by atoms with Crippen LogP contribution in [0.15, 0.2) is 48.7 Å². The lowest BCUT2D eigenvalue weighted by Gasteiger charge is -2.47. The first kappa shape index (κ1) is 18.1. The van der Waals surface area contributed by atoms with E-state index in [0.717, 1.165) is 40.6 Å². The fraction of sp³-hybridized carbons (Fsp3) is 0.348. The summed E-state index contributed by atoms with van der Waals surface area (Å²) in [5.74, 6) is -1.23. The Bertz CT molecular complexity index is 1090. The fourth-order valence-corrected chi connectivity index (χ4v) is 5.11. The minimum atomic E-state index is -0.760. The number of carbonyl (C=O) groups excluding carboxylic acids is 2. The summed E-state index contributed by atoms with van der Waals surface area (Å²) in [7, 11) is 0. The van der Waals surface area contributed by atoms with Gasteiger partial charge in [-0.3, -0.25) is 9.78 Å². The summed E-state index contributed by atoms with van der Waals surface area (Å²) in [6.07, 6.45) is 2.30. The molecular formula is C23H22N2O4. The summed E-state index contributed by atoms with van der Waals surface area (Å²) in [6, 6.07) is 9.74. The number of hydrogen-bond acceptors (Lipinski definition) is 5. The van der Waals surface area contributed by atoms with E-state index >= 15 is 0 Å². The lowest BCUT2D eigenvalue weighted by molar-refractivity contribution is -0.164. The van der Waals surface area contributed by atoms with Crippen molar-refractivity contribution in [1.29, 1.82) is 0 Å². The number of para-hydroxylation sites is 1. The summed E-state index contributed by atoms with van der Waals surface area (Å²) in [5.41, 5.74) is 3.91. The molecule has 1 saturated heterocycles. The number of aliphatic hydroxyl groups excluding tert-OH is 1. The number of carbonyl (C=O) groups is 2. The standard InChI is InChI=1S/C23H22N2O4/c1-3-10-29-23(28)21-19-14(20-18(12(2)26)22(27)25(20)21)8-9-17-15(19)11-13-6-4-5-7-16(13)24-17/h3-7,11-12,14,18,20,26H,1,8-10H2,2H3/t12-,14-,18-,20-/m1/s1. The van der Waals surface area contributed by atoms with Crippen LogP contribution in [-0.2, 0) is 20.7 Å². The van der Waals surface area contributed by atoms with Crippen molar-refractivity contribution in [3.05, 3.63) is 59.9 Å². The van der Waals surface area contributed by atoms with Crippen molar-refractivity contribution < 1.29 is 19.4 Å². The van der Waals surface area contributed by atoms with E-state index in [4.69, 9.17) is 9.72 Å². The molecule has 3 aliphatic rings. The van der Waals surface area contributed by atoms with E-state index in [2.05, 4.69) is 12.6 Å². The number of aliphatic hydroxyl groups is 1. The number of aryl methyl sites for hydroxylation is 1. The van der Waals surface area contributed by atoms with Crippen LogP contribution in [0.2, 0.25) is 0 Å². The van der Waals surface area contributed by atoms with Crippen molar-refractivity contribution in [2.24, 2.45) is 11.8 Å². The van der Waals surface area contributed by atoms with Crippen molar-refractivity contribution in [2.45, 2.75) is 31.9 Å². The Hall–Kier alpha value is -2.99.